The lowest BCUT2D eigenvalue weighted by Gasteiger charge is -2.29. The Kier molecular flexibility index (Phi) is 5.51. The van der Waals surface area contributed by atoms with Gasteiger partial charge in [0.05, 0.1) is 6.61 Å². The summed E-state index contributed by atoms with van der Waals surface area (Å²) in [5.74, 6) is -0.870. The molecule has 0 aromatic heterocycles. The zero-order valence-corrected chi connectivity index (χ0v) is 12.3. The van der Waals surface area contributed by atoms with Gasteiger partial charge in [0, 0.05) is 28.8 Å². The number of aliphatic hydroxyl groups is 1. The molecule has 1 aromatic rings. The van der Waals surface area contributed by atoms with Crippen LogP contribution in [0.5, 0.6) is 0 Å². The van der Waals surface area contributed by atoms with Crippen LogP contribution in [0, 0.1) is 18.2 Å². The molecule has 0 bridgehead atoms. The van der Waals surface area contributed by atoms with Gasteiger partial charge in [-0.1, -0.05) is 13.8 Å². The van der Waals surface area contributed by atoms with Gasteiger partial charge >= 0.3 is 0 Å². The molecule has 0 spiro atoms. The van der Waals surface area contributed by atoms with E-state index in [9.17, 15) is 14.3 Å². The average molecular weight is 282 g/mol. The van der Waals surface area contributed by atoms with Gasteiger partial charge in [0.15, 0.2) is 0 Å². The third kappa shape index (κ3) is 3.48. The summed E-state index contributed by atoms with van der Waals surface area (Å²) in [5.41, 5.74) is 6.13. The Morgan fingerprint density at radius 2 is 2.00 bits per heavy atom. The number of amides is 1. The van der Waals surface area contributed by atoms with Crippen LogP contribution in [-0.2, 0) is 0 Å². The topological polar surface area (TPSA) is 75.3 Å². The Labute approximate surface area is 119 Å². The molecule has 0 unspecified atom stereocenters. The number of benzene rings is 1. The lowest BCUT2D eigenvalue weighted by Crippen LogP contribution is -2.39. The summed E-state index contributed by atoms with van der Waals surface area (Å²) in [6.07, 6.45) is 1.51. The molecule has 0 heterocycles. The van der Waals surface area contributed by atoms with Crippen molar-refractivity contribution in [1.29, 1.82) is 0 Å². The van der Waals surface area contributed by atoms with Gasteiger partial charge in [-0.05, 0) is 31.9 Å². The predicted molar refractivity (Wildman–Crippen MR) is 78.0 cm³/mol. The third-order valence-electron chi connectivity index (χ3n) is 4.11. The molecule has 4 N–H and O–H groups in total. The number of hydrogen-bond donors (Lipinski definition) is 3. The van der Waals surface area contributed by atoms with Crippen LogP contribution in [0.3, 0.4) is 0 Å². The van der Waals surface area contributed by atoms with Crippen molar-refractivity contribution < 1.29 is 14.3 Å². The van der Waals surface area contributed by atoms with E-state index in [0.29, 0.717) is 12.1 Å². The number of hydrogen-bond acceptors (Lipinski definition) is 3. The second kappa shape index (κ2) is 6.70. The molecule has 0 aliphatic carbocycles. The van der Waals surface area contributed by atoms with Crippen LogP contribution in [0.15, 0.2) is 12.1 Å². The highest BCUT2D eigenvalue weighted by Gasteiger charge is 2.26. The maximum atomic E-state index is 13.6. The van der Waals surface area contributed by atoms with Crippen LogP contribution in [0.25, 0.3) is 0 Å². The maximum absolute atomic E-state index is 13.6. The minimum absolute atomic E-state index is 0.00464. The fourth-order valence-electron chi connectivity index (χ4n) is 1.98. The summed E-state index contributed by atoms with van der Waals surface area (Å²) >= 11 is 0. The van der Waals surface area contributed by atoms with Gasteiger partial charge in [0.25, 0.3) is 5.91 Å². The molecule has 0 radical (unpaired) electrons. The summed E-state index contributed by atoms with van der Waals surface area (Å²) in [5, 5.41) is 12.2. The van der Waals surface area contributed by atoms with E-state index in [1.54, 1.807) is 6.92 Å². The van der Waals surface area contributed by atoms with Crippen molar-refractivity contribution in [2.75, 3.05) is 18.9 Å². The van der Waals surface area contributed by atoms with Gasteiger partial charge in [-0.2, -0.15) is 0 Å². The molecule has 0 fully saturated rings. The van der Waals surface area contributed by atoms with Crippen molar-refractivity contribution >= 4 is 11.6 Å². The van der Waals surface area contributed by atoms with Crippen molar-refractivity contribution in [1.82, 2.24) is 5.32 Å². The average Bonchev–Trinajstić information content (AvgIpc) is 2.46. The van der Waals surface area contributed by atoms with E-state index in [-0.39, 0.29) is 29.2 Å². The molecule has 5 heteroatoms. The number of anilines is 1. The first-order chi connectivity index (χ1) is 9.39. The zero-order valence-electron chi connectivity index (χ0n) is 12.3. The molecular weight excluding hydrogens is 259 g/mol. The normalized spacial score (nSPS) is 11.4. The van der Waals surface area contributed by atoms with Crippen LogP contribution >= 0.6 is 0 Å². The summed E-state index contributed by atoms with van der Waals surface area (Å²) in [7, 11) is 0. The highest BCUT2D eigenvalue weighted by Crippen LogP contribution is 2.24. The van der Waals surface area contributed by atoms with E-state index < -0.39 is 5.82 Å². The van der Waals surface area contributed by atoms with Gasteiger partial charge in [-0.15, -0.1) is 0 Å². The summed E-state index contributed by atoms with van der Waals surface area (Å²) in [6, 6.07) is 2.64. The van der Waals surface area contributed by atoms with E-state index in [1.165, 1.54) is 12.1 Å². The number of carbonyl (C=O) groups excluding carboxylic acids is 1. The first-order valence-corrected chi connectivity index (χ1v) is 6.83. The quantitative estimate of drug-likeness (QED) is 0.700. The molecule has 1 aromatic carbocycles. The molecule has 0 saturated heterocycles. The fraction of sp³-hybridized carbons (Fsp3) is 0.533. The smallest absolute Gasteiger partial charge is 0.251 e. The molecule has 0 aliphatic heterocycles. The minimum Gasteiger partial charge on any atom is -0.398 e. The standard InChI is InChI=1S/C15H23FN2O2/c1-4-15(5-2,9-19)8-18-14(20)11-6-12(16)10(3)13(17)7-11/h6-7,19H,4-5,8-9,17H2,1-3H3,(H,18,20). The van der Waals surface area contributed by atoms with Crippen LogP contribution < -0.4 is 11.1 Å². The van der Waals surface area contributed by atoms with Crippen molar-refractivity contribution in [3.8, 4) is 0 Å². The first-order valence-electron chi connectivity index (χ1n) is 6.83. The number of rotatable bonds is 6. The largest absolute Gasteiger partial charge is 0.398 e. The van der Waals surface area contributed by atoms with Crippen LogP contribution in [-0.4, -0.2) is 24.2 Å². The Bertz CT molecular complexity index is 453. The number of carbonyl (C=O) groups is 1. The van der Waals surface area contributed by atoms with Crippen LogP contribution in [0.2, 0.25) is 0 Å². The van der Waals surface area contributed by atoms with E-state index in [4.69, 9.17) is 5.73 Å². The molecular formula is C15H23FN2O2. The molecule has 0 atom stereocenters. The van der Waals surface area contributed by atoms with Crippen molar-refractivity contribution in [3.63, 3.8) is 0 Å². The van der Waals surface area contributed by atoms with Crippen molar-refractivity contribution in [3.05, 3.63) is 29.1 Å². The number of nitrogens with one attached hydrogen (secondary N) is 1. The number of aliphatic hydroxyl groups excluding tert-OH is 1. The summed E-state index contributed by atoms with van der Waals surface area (Å²) in [4.78, 5) is 12.0. The molecule has 20 heavy (non-hydrogen) atoms. The molecule has 1 amide bonds. The lowest BCUT2D eigenvalue weighted by molar-refractivity contribution is 0.0850. The van der Waals surface area contributed by atoms with E-state index in [0.717, 1.165) is 12.8 Å². The molecule has 112 valence electrons. The Balaban J connectivity index is 2.82. The van der Waals surface area contributed by atoms with Gasteiger partial charge in [-0.25, -0.2) is 4.39 Å². The van der Waals surface area contributed by atoms with Crippen molar-refractivity contribution in [2.24, 2.45) is 5.41 Å². The molecule has 1 rings (SSSR count). The summed E-state index contributed by atoms with van der Waals surface area (Å²) < 4.78 is 13.6. The highest BCUT2D eigenvalue weighted by atomic mass is 19.1. The van der Waals surface area contributed by atoms with Gasteiger partial charge in [0.2, 0.25) is 0 Å². The lowest BCUT2D eigenvalue weighted by atomic mass is 9.83. The van der Waals surface area contributed by atoms with E-state index in [1.807, 2.05) is 13.8 Å². The molecule has 0 saturated carbocycles. The second-order valence-corrected chi connectivity index (χ2v) is 5.22. The molecule has 4 nitrogen and oxygen atoms in total. The first kappa shape index (κ1) is 16.4. The van der Waals surface area contributed by atoms with E-state index in [2.05, 4.69) is 5.32 Å². The number of nitrogen functional groups attached to an aromatic ring is 1. The molecule has 0 aliphatic rings. The van der Waals surface area contributed by atoms with E-state index >= 15 is 0 Å². The monoisotopic (exact) mass is 282 g/mol. The second-order valence-electron chi connectivity index (χ2n) is 5.22. The number of nitrogens with two attached hydrogens (primary N) is 1. The maximum Gasteiger partial charge on any atom is 0.251 e. The zero-order chi connectivity index (χ0) is 15.3. The van der Waals surface area contributed by atoms with Crippen molar-refractivity contribution in [2.45, 2.75) is 33.6 Å². The highest BCUT2D eigenvalue weighted by molar-refractivity contribution is 5.95. The van der Waals surface area contributed by atoms with Gasteiger partial charge < -0.3 is 16.2 Å². The Morgan fingerprint density at radius 3 is 2.45 bits per heavy atom. The number of halogens is 1. The SMILES string of the molecule is CCC(CC)(CO)CNC(=O)c1cc(N)c(C)c(F)c1. The Morgan fingerprint density at radius 1 is 1.40 bits per heavy atom. The Hall–Kier alpha value is -1.62. The minimum atomic E-state index is -0.491. The van der Waals surface area contributed by atoms with Gasteiger partial charge in [0.1, 0.15) is 5.82 Å². The van der Waals surface area contributed by atoms with Gasteiger partial charge in [-0.3, -0.25) is 4.79 Å². The summed E-state index contributed by atoms with van der Waals surface area (Å²) in [6.45, 7) is 5.86. The fourth-order valence-corrected chi connectivity index (χ4v) is 1.98. The third-order valence-corrected chi connectivity index (χ3v) is 4.11. The van der Waals surface area contributed by atoms with Crippen LogP contribution in [0.1, 0.15) is 42.6 Å². The predicted octanol–water partition coefficient (Wildman–Crippen LogP) is 2.24. The van der Waals surface area contributed by atoms with Crippen LogP contribution in [0.4, 0.5) is 10.1 Å².